The van der Waals surface area contributed by atoms with Gasteiger partial charge >= 0.3 is 0 Å². The van der Waals surface area contributed by atoms with Crippen molar-refractivity contribution in [2.24, 2.45) is 0 Å². The van der Waals surface area contributed by atoms with Gasteiger partial charge in [0.15, 0.2) is 0 Å². The summed E-state index contributed by atoms with van der Waals surface area (Å²) >= 11 is 0. The summed E-state index contributed by atoms with van der Waals surface area (Å²) < 4.78 is 49.7. The standard InChI is InChI=1S/C14H18F4/c15-5-1-11-9-13(3-7-17)14(4-8-18)10-12(11)2-6-16/h9-10H,1-8H2. The van der Waals surface area contributed by atoms with E-state index >= 15 is 0 Å². The van der Waals surface area contributed by atoms with Crippen molar-refractivity contribution in [2.45, 2.75) is 25.7 Å². The fraction of sp³-hybridized carbons (Fsp3) is 0.571. The summed E-state index contributed by atoms with van der Waals surface area (Å²) in [6, 6.07) is 3.41. The number of benzene rings is 1. The van der Waals surface area contributed by atoms with Crippen molar-refractivity contribution in [1.82, 2.24) is 0 Å². The van der Waals surface area contributed by atoms with E-state index in [1.165, 1.54) is 0 Å². The first-order chi connectivity index (χ1) is 8.76. The van der Waals surface area contributed by atoms with Gasteiger partial charge in [0.05, 0.1) is 26.7 Å². The van der Waals surface area contributed by atoms with E-state index in [4.69, 9.17) is 0 Å². The van der Waals surface area contributed by atoms with Crippen LogP contribution in [-0.4, -0.2) is 26.7 Å². The minimum Gasteiger partial charge on any atom is -0.251 e. The molecule has 0 aromatic heterocycles. The summed E-state index contributed by atoms with van der Waals surface area (Å²) in [4.78, 5) is 0. The van der Waals surface area contributed by atoms with E-state index in [0.717, 1.165) is 0 Å². The van der Waals surface area contributed by atoms with Gasteiger partial charge in [0.2, 0.25) is 0 Å². The van der Waals surface area contributed by atoms with Crippen LogP contribution in [0.1, 0.15) is 22.3 Å². The fourth-order valence-electron chi connectivity index (χ4n) is 2.13. The molecule has 0 atom stereocenters. The summed E-state index contributed by atoms with van der Waals surface area (Å²) in [7, 11) is 0. The first kappa shape index (κ1) is 15.0. The van der Waals surface area contributed by atoms with Gasteiger partial charge in [-0.2, -0.15) is 0 Å². The Labute approximate surface area is 105 Å². The van der Waals surface area contributed by atoms with Crippen LogP contribution in [0, 0.1) is 0 Å². The summed E-state index contributed by atoms with van der Waals surface area (Å²) in [6.45, 7) is -2.12. The van der Waals surface area contributed by atoms with Crippen molar-refractivity contribution >= 4 is 0 Å². The number of rotatable bonds is 8. The van der Waals surface area contributed by atoms with Crippen molar-refractivity contribution in [3.63, 3.8) is 0 Å². The predicted octanol–water partition coefficient (Wildman–Crippen LogP) is 3.73. The highest BCUT2D eigenvalue weighted by molar-refractivity contribution is 5.39. The average Bonchev–Trinajstić information content (AvgIpc) is 2.35. The molecule has 0 radical (unpaired) electrons. The highest BCUT2D eigenvalue weighted by Gasteiger charge is 2.10. The van der Waals surface area contributed by atoms with E-state index in [1.807, 2.05) is 0 Å². The lowest BCUT2D eigenvalue weighted by Gasteiger charge is -2.14. The number of hydrogen-bond donors (Lipinski definition) is 0. The second-order valence-electron chi connectivity index (χ2n) is 4.15. The van der Waals surface area contributed by atoms with Crippen molar-refractivity contribution in [3.05, 3.63) is 34.4 Å². The molecule has 0 bridgehead atoms. The van der Waals surface area contributed by atoms with Gasteiger partial charge in [0.1, 0.15) is 0 Å². The van der Waals surface area contributed by atoms with Crippen molar-refractivity contribution < 1.29 is 17.6 Å². The Morgan fingerprint density at radius 2 is 0.722 bits per heavy atom. The Morgan fingerprint density at radius 1 is 0.500 bits per heavy atom. The van der Waals surface area contributed by atoms with Crippen LogP contribution in [0.15, 0.2) is 12.1 Å². The summed E-state index contributed by atoms with van der Waals surface area (Å²) in [5, 5.41) is 0. The van der Waals surface area contributed by atoms with Crippen LogP contribution in [-0.2, 0) is 25.7 Å². The van der Waals surface area contributed by atoms with Crippen LogP contribution in [0.2, 0.25) is 0 Å². The first-order valence-electron chi connectivity index (χ1n) is 6.14. The summed E-state index contributed by atoms with van der Waals surface area (Å²) in [6.07, 6.45) is 0.796. The molecular formula is C14H18F4. The largest absolute Gasteiger partial charge is 0.251 e. The average molecular weight is 262 g/mol. The summed E-state index contributed by atoms with van der Waals surface area (Å²) in [5.74, 6) is 0. The Bertz CT molecular complexity index is 297. The molecule has 1 rings (SSSR count). The molecule has 18 heavy (non-hydrogen) atoms. The number of alkyl halides is 4. The molecule has 0 fully saturated rings. The molecule has 0 aliphatic rings. The van der Waals surface area contributed by atoms with E-state index in [1.54, 1.807) is 12.1 Å². The van der Waals surface area contributed by atoms with Gasteiger partial charge in [-0.3, -0.25) is 17.6 Å². The molecule has 0 nitrogen and oxygen atoms in total. The Balaban J connectivity index is 3.11. The second-order valence-corrected chi connectivity index (χ2v) is 4.15. The van der Waals surface area contributed by atoms with Crippen LogP contribution < -0.4 is 0 Å². The lowest BCUT2D eigenvalue weighted by Crippen LogP contribution is -2.05. The lowest BCUT2D eigenvalue weighted by atomic mass is 9.92. The SMILES string of the molecule is FCCc1cc(CCF)c(CCF)cc1CCF. The molecular weight excluding hydrogens is 244 g/mol. The fourth-order valence-corrected chi connectivity index (χ4v) is 2.13. The lowest BCUT2D eigenvalue weighted by molar-refractivity contribution is 0.477. The van der Waals surface area contributed by atoms with Gasteiger partial charge in [-0.05, 0) is 22.3 Å². The van der Waals surface area contributed by atoms with E-state index in [-0.39, 0.29) is 25.7 Å². The Kier molecular flexibility index (Phi) is 6.76. The van der Waals surface area contributed by atoms with Crippen LogP contribution in [0.5, 0.6) is 0 Å². The first-order valence-corrected chi connectivity index (χ1v) is 6.14. The number of aryl methyl sites for hydroxylation is 4. The second kappa shape index (κ2) is 8.11. The molecule has 0 amide bonds. The zero-order valence-electron chi connectivity index (χ0n) is 10.3. The third-order valence-corrected chi connectivity index (χ3v) is 2.98. The Hall–Kier alpha value is -1.06. The van der Waals surface area contributed by atoms with E-state index < -0.39 is 26.7 Å². The molecule has 0 heterocycles. The van der Waals surface area contributed by atoms with Gasteiger partial charge in [-0.25, -0.2) is 0 Å². The van der Waals surface area contributed by atoms with Crippen molar-refractivity contribution in [1.29, 1.82) is 0 Å². The third kappa shape index (κ3) is 4.00. The zero-order chi connectivity index (χ0) is 13.4. The van der Waals surface area contributed by atoms with E-state index in [9.17, 15) is 17.6 Å². The maximum atomic E-state index is 12.4. The van der Waals surface area contributed by atoms with Gasteiger partial charge in [0, 0.05) is 25.7 Å². The third-order valence-electron chi connectivity index (χ3n) is 2.98. The number of halogens is 4. The number of hydrogen-bond acceptors (Lipinski definition) is 0. The predicted molar refractivity (Wildman–Crippen MR) is 65.2 cm³/mol. The Morgan fingerprint density at radius 3 is 0.889 bits per heavy atom. The van der Waals surface area contributed by atoms with E-state index in [2.05, 4.69) is 0 Å². The molecule has 0 unspecified atom stereocenters. The van der Waals surface area contributed by atoms with Gasteiger partial charge in [-0.15, -0.1) is 0 Å². The van der Waals surface area contributed by atoms with Crippen LogP contribution in [0.3, 0.4) is 0 Å². The van der Waals surface area contributed by atoms with Crippen LogP contribution in [0.4, 0.5) is 17.6 Å². The van der Waals surface area contributed by atoms with Gasteiger partial charge in [-0.1, -0.05) is 12.1 Å². The highest BCUT2D eigenvalue weighted by atomic mass is 19.1. The smallest absolute Gasteiger partial charge is 0.0934 e. The van der Waals surface area contributed by atoms with Crippen molar-refractivity contribution in [2.75, 3.05) is 26.7 Å². The maximum Gasteiger partial charge on any atom is 0.0934 e. The van der Waals surface area contributed by atoms with Crippen LogP contribution in [0.25, 0.3) is 0 Å². The molecule has 4 heteroatoms. The van der Waals surface area contributed by atoms with E-state index in [0.29, 0.717) is 22.3 Å². The molecule has 0 aliphatic heterocycles. The van der Waals surface area contributed by atoms with Gasteiger partial charge in [0.25, 0.3) is 0 Å². The van der Waals surface area contributed by atoms with Crippen LogP contribution >= 0.6 is 0 Å². The molecule has 0 saturated carbocycles. The molecule has 0 aliphatic carbocycles. The van der Waals surface area contributed by atoms with Gasteiger partial charge < -0.3 is 0 Å². The minimum atomic E-state index is -0.531. The molecule has 102 valence electrons. The monoisotopic (exact) mass is 262 g/mol. The highest BCUT2D eigenvalue weighted by Crippen LogP contribution is 2.21. The topological polar surface area (TPSA) is 0 Å². The quantitative estimate of drug-likeness (QED) is 0.626. The van der Waals surface area contributed by atoms with Crippen molar-refractivity contribution in [3.8, 4) is 0 Å². The maximum absolute atomic E-state index is 12.4. The zero-order valence-corrected chi connectivity index (χ0v) is 10.3. The molecule has 1 aromatic rings. The minimum absolute atomic E-state index is 0.199. The molecule has 0 saturated heterocycles. The molecule has 0 N–H and O–H groups in total. The normalized spacial score (nSPS) is 10.9. The molecule has 1 aromatic carbocycles. The molecule has 0 spiro atoms. The summed E-state index contributed by atoms with van der Waals surface area (Å²) in [5.41, 5.74) is 2.84.